The molecule has 0 aliphatic carbocycles. The normalized spacial score (nSPS) is 14.5. The quantitative estimate of drug-likeness (QED) is 0.724. The minimum absolute atomic E-state index is 0.181. The number of carbonyl (C=O) groups excluding carboxylic acids is 1. The minimum atomic E-state index is -1.22. The Hall–Kier alpha value is -1.90. The van der Waals surface area contributed by atoms with Crippen molar-refractivity contribution in [1.82, 2.24) is 9.47 Å². The van der Waals surface area contributed by atoms with E-state index < -0.39 is 11.4 Å². The van der Waals surface area contributed by atoms with Crippen molar-refractivity contribution < 1.29 is 14.7 Å². The highest BCUT2D eigenvalue weighted by molar-refractivity contribution is 14.1. The van der Waals surface area contributed by atoms with Crippen LogP contribution in [0.25, 0.3) is 10.9 Å². The number of carbonyl (C=O) groups is 2. The molecule has 1 saturated heterocycles. The van der Waals surface area contributed by atoms with Crippen molar-refractivity contribution in [2.75, 3.05) is 13.1 Å². The Labute approximate surface area is 152 Å². The molecule has 0 saturated carbocycles. The van der Waals surface area contributed by atoms with Gasteiger partial charge in [-0.05, 0) is 53.6 Å². The number of aromatic carboxylic acids is 1. The van der Waals surface area contributed by atoms with Crippen LogP contribution in [0.1, 0.15) is 29.6 Å². The van der Waals surface area contributed by atoms with E-state index in [1.54, 1.807) is 10.6 Å². The molecule has 1 aliphatic rings. The smallest absolute Gasteiger partial charge is 0.341 e. The van der Waals surface area contributed by atoms with E-state index in [1.807, 2.05) is 17.0 Å². The van der Waals surface area contributed by atoms with Crippen LogP contribution < -0.4 is 5.43 Å². The molecule has 3 rings (SSSR count). The molecule has 0 bridgehead atoms. The van der Waals surface area contributed by atoms with E-state index in [2.05, 4.69) is 22.6 Å². The van der Waals surface area contributed by atoms with Gasteiger partial charge in [-0.1, -0.05) is 0 Å². The molecule has 0 atom stereocenters. The van der Waals surface area contributed by atoms with Crippen molar-refractivity contribution in [1.29, 1.82) is 0 Å². The molecule has 1 aromatic heterocycles. The lowest BCUT2D eigenvalue weighted by atomic mass is 10.1. The van der Waals surface area contributed by atoms with Gasteiger partial charge in [0.15, 0.2) is 0 Å². The third kappa shape index (κ3) is 3.31. The summed E-state index contributed by atoms with van der Waals surface area (Å²) >= 11 is 2.10. The lowest BCUT2D eigenvalue weighted by Gasteiger charge is -2.17. The van der Waals surface area contributed by atoms with E-state index in [9.17, 15) is 19.5 Å². The molecule has 1 aromatic carbocycles. The number of rotatable bonds is 5. The van der Waals surface area contributed by atoms with Crippen molar-refractivity contribution in [2.45, 2.75) is 25.8 Å². The monoisotopic (exact) mass is 440 g/mol. The third-order valence-electron chi connectivity index (χ3n) is 4.27. The van der Waals surface area contributed by atoms with Crippen LogP contribution >= 0.6 is 22.6 Å². The van der Waals surface area contributed by atoms with Crippen LogP contribution in [0.4, 0.5) is 0 Å². The molecule has 1 fully saturated rings. The van der Waals surface area contributed by atoms with Crippen molar-refractivity contribution >= 4 is 45.4 Å². The molecule has 126 valence electrons. The first kappa shape index (κ1) is 16.9. The Bertz CT molecular complexity index is 875. The standard InChI is InChI=1S/C17H17IN2O4/c18-11-4-5-14-12(9-11)16(22)13(17(23)24)10-20(14)8-2-7-19-6-1-3-15(19)21/h4-5,9-10H,1-3,6-8H2,(H,23,24). The zero-order chi connectivity index (χ0) is 17.3. The number of nitrogens with zero attached hydrogens (tertiary/aromatic N) is 2. The largest absolute Gasteiger partial charge is 0.477 e. The number of amides is 1. The number of likely N-dealkylation sites (tertiary alicyclic amines) is 1. The molecular formula is C17H17IN2O4. The van der Waals surface area contributed by atoms with E-state index in [0.717, 1.165) is 28.5 Å². The Morgan fingerprint density at radius 1 is 1.25 bits per heavy atom. The maximum absolute atomic E-state index is 12.3. The number of benzene rings is 1. The predicted octanol–water partition coefficient (Wildman–Crippen LogP) is 2.32. The summed E-state index contributed by atoms with van der Waals surface area (Å²) in [6, 6.07) is 5.44. The Morgan fingerprint density at radius 3 is 2.71 bits per heavy atom. The summed E-state index contributed by atoms with van der Waals surface area (Å²) in [5.74, 6) is -1.04. The summed E-state index contributed by atoms with van der Waals surface area (Å²) in [5.41, 5.74) is 0.0434. The first-order valence-corrected chi connectivity index (χ1v) is 8.89. The van der Waals surface area contributed by atoms with E-state index in [1.165, 1.54) is 6.20 Å². The van der Waals surface area contributed by atoms with E-state index in [-0.39, 0.29) is 11.5 Å². The van der Waals surface area contributed by atoms with Crippen molar-refractivity contribution in [3.8, 4) is 0 Å². The fraction of sp³-hybridized carbons (Fsp3) is 0.353. The maximum Gasteiger partial charge on any atom is 0.341 e. The Balaban J connectivity index is 1.91. The zero-order valence-corrected chi connectivity index (χ0v) is 15.2. The van der Waals surface area contributed by atoms with Crippen molar-refractivity contribution in [2.24, 2.45) is 0 Å². The predicted molar refractivity (Wildman–Crippen MR) is 98.3 cm³/mol. The lowest BCUT2D eigenvalue weighted by molar-refractivity contribution is -0.127. The fourth-order valence-corrected chi connectivity index (χ4v) is 3.57. The first-order chi connectivity index (χ1) is 11.5. The topological polar surface area (TPSA) is 79.6 Å². The molecule has 1 aliphatic heterocycles. The summed E-state index contributed by atoms with van der Waals surface area (Å²) in [7, 11) is 0. The number of carboxylic acid groups (broad SMARTS) is 1. The Kier molecular flexibility index (Phi) is 4.88. The van der Waals surface area contributed by atoms with Gasteiger partial charge in [-0.2, -0.15) is 0 Å². The summed E-state index contributed by atoms with van der Waals surface area (Å²) in [5, 5.41) is 9.70. The molecule has 0 unspecified atom stereocenters. The molecule has 2 aromatic rings. The van der Waals surface area contributed by atoms with Gasteiger partial charge in [0.1, 0.15) is 5.56 Å². The molecule has 1 N–H and O–H groups in total. The van der Waals surface area contributed by atoms with Crippen LogP contribution in [0, 0.1) is 3.57 Å². The van der Waals surface area contributed by atoms with Gasteiger partial charge in [-0.15, -0.1) is 0 Å². The molecule has 7 heteroatoms. The SMILES string of the molecule is O=C(O)c1cn(CCCN2CCCC2=O)c2ccc(I)cc2c1=O. The van der Waals surface area contributed by atoms with Gasteiger partial charge in [-0.25, -0.2) is 4.79 Å². The van der Waals surface area contributed by atoms with Crippen molar-refractivity contribution in [3.05, 3.63) is 43.8 Å². The Morgan fingerprint density at radius 2 is 2.04 bits per heavy atom. The van der Waals surface area contributed by atoms with Crippen LogP contribution in [0.2, 0.25) is 0 Å². The number of hydrogen-bond acceptors (Lipinski definition) is 3. The fourth-order valence-electron chi connectivity index (χ4n) is 3.08. The van der Waals surface area contributed by atoms with Crippen LogP contribution in [0.3, 0.4) is 0 Å². The van der Waals surface area contributed by atoms with E-state index in [0.29, 0.717) is 24.9 Å². The summed E-state index contributed by atoms with van der Waals surface area (Å²) in [6.07, 6.45) is 3.64. The first-order valence-electron chi connectivity index (χ1n) is 7.81. The van der Waals surface area contributed by atoms with Crippen LogP contribution in [0.5, 0.6) is 0 Å². The van der Waals surface area contributed by atoms with Gasteiger partial charge in [0.25, 0.3) is 0 Å². The summed E-state index contributed by atoms with van der Waals surface area (Å²) in [6.45, 7) is 2.00. The highest BCUT2D eigenvalue weighted by Crippen LogP contribution is 2.17. The summed E-state index contributed by atoms with van der Waals surface area (Å²) in [4.78, 5) is 37.2. The maximum atomic E-state index is 12.3. The average molecular weight is 440 g/mol. The molecule has 0 radical (unpaired) electrons. The number of carboxylic acids is 1. The number of aryl methyl sites for hydroxylation is 1. The van der Waals surface area contributed by atoms with Crippen LogP contribution in [-0.4, -0.2) is 39.5 Å². The number of hydrogen-bond donors (Lipinski definition) is 1. The average Bonchev–Trinajstić information content (AvgIpc) is 2.94. The number of halogens is 1. The number of fused-ring (bicyclic) bond motifs is 1. The number of pyridine rings is 1. The second kappa shape index (κ2) is 6.92. The van der Waals surface area contributed by atoms with Gasteiger partial charge in [0, 0.05) is 41.2 Å². The van der Waals surface area contributed by atoms with Crippen LogP contribution in [-0.2, 0) is 11.3 Å². The third-order valence-corrected chi connectivity index (χ3v) is 4.94. The highest BCUT2D eigenvalue weighted by atomic mass is 127. The minimum Gasteiger partial charge on any atom is -0.477 e. The van der Waals surface area contributed by atoms with Gasteiger partial charge in [-0.3, -0.25) is 9.59 Å². The highest BCUT2D eigenvalue weighted by Gasteiger charge is 2.19. The van der Waals surface area contributed by atoms with Crippen molar-refractivity contribution in [3.63, 3.8) is 0 Å². The second-order valence-corrected chi connectivity index (χ2v) is 7.12. The molecule has 24 heavy (non-hydrogen) atoms. The van der Waals surface area contributed by atoms with Gasteiger partial charge >= 0.3 is 5.97 Å². The van der Waals surface area contributed by atoms with E-state index in [4.69, 9.17) is 0 Å². The lowest BCUT2D eigenvalue weighted by Crippen LogP contribution is -2.27. The molecule has 6 nitrogen and oxygen atoms in total. The van der Waals surface area contributed by atoms with Gasteiger partial charge < -0.3 is 14.6 Å². The number of aromatic nitrogens is 1. The molecule has 1 amide bonds. The molecule has 2 heterocycles. The van der Waals surface area contributed by atoms with E-state index >= 15 is 0 Å². The summed E-state index contributed by atoms with van der Waals surface area (Å²) < 4.78 is 2.69. The zero-order valence-electron chi connectivity index (χ0n) is 13.0. The second-order valence-electron chi connectivity index (χ2n) is 5.87. The van der Waals surface area contributed by atoms with Crippen LogP contribution in [0.15, 0.2) is 29.2 Å². The molecular weight excluding hydrogens is 423 g/mol. The molecule has 0 spiro atoms. The van der Waals surface area contributed by atoms with Gasteiger partial charge in [0.2, 0.25) is 11.3 Å². The van der Waals surface area contributed by atoms with Gasteiger partial charge in [0.05, 0.1) is 5.52 Å².